The van der Waals surface area contributed by atoms with Gasteiger partial charge in [-0.25, -0.2) is 4.98 Å². The number of carbonyl (C=O) groups is 1. The van der Waals surface area contributed by atoms with Gasteiger partial charge in [-0.15, -0.1) is 0 Å². The lowest BCUT2D eigenvalue weighted by molar-refractivity contribution is 0.0942. The van der Waals surface area contributed by atoms with Crippen LogP contribution in [0.15, 0.2) is 0 Å². The molecular weight excluding hydrogens is 220 g/mol. The van der Waals surface area contributed by atoms with Crippen molar-refractivity contribution < 1.29 is 4.79 Å². The van der Waals surface area contributed by atoms with Gasteiger partial charge in [-0.1, -0.05) is 25.2 Å². The van der Waals surface area contributed by atoms with Crippen LogP contribution in [0.25, 0.3) is 0 Å². The Hall–Kier alpha value is -0.900. The number of nitrogens with zero attached hydrogens (tertiary/aromatic N) is 2. The highest BCUT2D eigenvalue weighted by atomic mass is 32.1. The lowest BCUT2D eigenvalue weighted by Gasteiger charge is -2.12. The van der Waals surface area contributed by atoms with Crippen LogP contribution in [0.4, 0.5) is 5.13 Å². The summed E-state index contributed by atoms with van der Waals surface area (Å²) in [6.07, 6.45) is 2.48. The summed E-state index contributed by atoms with van der Waals surface area (Å²) >= 11 is 1.56. The van der Waals surface area contributed by atoms with Gasteiger partial charge in [0.2, 0.25) is 0 Å². The Balaban J connectivity index is 2.24. The Bertz CT molecular complexity index is 392. The van der Waals surface area contributed by atoms with Gasteiger partial charge in [0, 0.05) is 19.0 Å². The minimum absolute atomic E-state index is 0.0607. The van der Waals surface area contributed by atoms with Gasteiger partial charge in [0.15, 0.2) is 10.9 Å². The Labute approximate surface area is 100 Å². The molecule has 1 aliphatic heterocycles. The van der Waals surface area contributed by atoms with Crippen molar-refractivity contribution >= 4 is 22.3 Å². The molecule has 0 radical (unpaired) electrons. The number of anilines is 1. The molecule has 3 nitrogen and oxygen atoms in total. The molecule has 16 heavy (non-hydrogen) atoms. The van der Waals surface area contributed by atoms with Crippen LogP contribution in [-0.4, -0.2) is 23.9 Å². The normalized spacial score (nSPS) is 16.1. The summed E-state index contributed by atoms with van der Waals surface area (Å²) in [5.41, 5.74) is 0.894. The molecule has 0 aromatic carbocycles. The molecule has 0 aliphatic carbocycles. The fourth-order valence-corrected chi connectivity index (χ4v) is 3.12. The molecule has 2 rings (SSSR count). The number of rotatable bonds is 3. The van der Waals surface area contributed by atoms with E-state index in [-0.39, 0.29) is 11.7 Å². The van der Waals surface area contributed by atoms with Gasteiger partial charge < -0.3 is 4.90 Å². The van der Waals surface area contributed by atoms with E-state index in [1.54, 1.807) is 11.3 Å². The zero-order valence-corrected chi connectivity index (χ0v) is 10.9. The highest BCUT2D eigenvalue weighted by molar-refractivity contribution is 7.17. The van der Waals surface area contributed by atoms with E-state index >= 15 is 0 Å². The topological polar surface area (TPSA) is 33.2 Å². The maximum absolute atomic E-state index is 11.9. The van der Waals surface area contributed by atoms with Crippen LogP contribution in [-0.2, 0) is 0 Å². The summed E-state index contributed by atoms with van der Waals surface area (Å²) in [6, 6.07) is 0. The minimum atomic E-state index is 0.0607. The zero-order chi connectivity index (χ0) is 11.7. The molecule has 2 heterocycles. The van der Waals surface area contributed by atoms with Crippen molar-refractivity contribution in [3.8, 4) is 0 Å². The average molecular weight is 238 g/mol. The summed E-state index contributed by atoms with van der Waals surface area (Å²) < 4.78 is 0. The van der Waals surface area contributed by atoms with Crippen LogP contribution in [0.2, 0.25) is 0 Å². The molecule has 1 fully saturated rings. The van der Waals surface area contributed by atoms with Crippen molar-refractivity contribution in [3.63, 3.8) is 0 Å². The molecular formula is C12H18N2OS. The van der Waals surface area contributed by atoms with Gasteiger partial charge >= 0.3 is 0 Å². The number of carbonyl (C=O) groups excluding carboxylic acids is 1. The predicted molar refractivity (Wildman–Crippen MR) is 67.5 cm³/mol. The standard InChI is InChI=1S/C12H18N2OS/c1-8(2)10(15)11-9(3)13-12(16-11)14-6-4-5-7-14/h8H,4-7H2,1-3H3. The first kappa shape index (κ1) is 11.6. The van der Waals surface area contributed by atoms with E-state index in [4.69, 9.17) is 0 Å². The Morgan fingerprint density at radius 3 is 2.56 bits per heavy atom. The summed E-state index contributed by atoms with van der Waals surface area (Å²) in [5, 5.41) is 1.03. The van der Waals surface area contributed by atoms with Crippen LogP contribution in [0.1, 0.15) is 42.1 Å². The van der Waals surface area contributed by atoms with Crippen LogP contribution in [0, 0.1) is 12.8 Å². The summed E-state index contributed by atoms with van der Waals surface area (Å²) in [6.45, 7) is 7.99. The van der Waals surface area contributed by atoms with E-state index in [2.05, 4.69) is 9.88 Å². The van der Waals surface area contributed by atoms with Gasteiger partial charge in [0.25, 0.3) is 0 Å². The lowest BCUT2D eigenvalue weighted by atomic mass is 10.1. The molecule has 0 spiro atoms. The molecule has 1 saturated heterocycles. The van der Waals surface area contributed by atoms with E-state index in [1.165, 1.54) is 12.8 Å². The number of Topliss-reactive ketones (excluding diaryl/α,β-unsaturated/α-hetero) is 1. The number of thiazole rings is 1. The number of ketones is 1. The van der Waals surface area contributed by atoms with Gasteiger partial charge in [0.05, 0.1) is 10.6 Å². The average Bonchev–Trinajstić information content (AvgIpc) is 2.84. The first-order valence-corrected chi connectivity index (χ1v) is 6.68. The van der Waals surface area contributed by atoms with Crippen LogP contribution in [0.5, 0.6) is 0 Å². The van der Waals surface area contributed by atoms with Crippen LogP contribution in [0.3, 0.4) is 0 Å². The fourth-order valence-electron chi connectivity index (χ4n) is 1.92. The maximum atomic E-state index is 11.9. The van der Waals surface area contributed by atoms with Crippen molar-refractivity contribution in [3.05, 3.63) is 10.6 Å². The highest BCUT2D eigenvalue weighted by Gasteiger charge is 2.22. The zero-order valence-electron chi connectivity index (χ0n) is 10.1. The minimum Gasteiger partial charge on any atom is -0.348 e. The summed E-state index contributed by atoms with van der Waals surface area (Å²) in [5.74, 6) is 0.283. The quantitative estimate of drug-likeness (QED) is 0.759. The van der Waals surface area contributed by atoms with E-state index in [9.17, 15) is 4.79 Å². The van der Waals surface area contributed by atoms with E-state index in [0.717, 1.165) is 28.8 Å². The monoisotopic (exact) mass is 238 g/mol. The second kappa shape index (κ2) is 4.53. The van der Waals surface area contributed by atoms with Crippen molar-refractivity contribution in [2.24, 2.45) is 5.92 Å². The molecule has 1 aliphatic rings. The number of hydrogen-bond acceptors (Lipinski definition) is 4. The Kier molecular flexibility index (Phi) is 3.28. The Morgan fingerprint density at radius 1 is 1.38 bits per heavy atom. The lowest BCUT2D eigenvalue weighted by Crippen LogP contribution is -2.17. The summed E-state index contributed by atoms with van der Waals surface area (Å²) in [4.78, 5) is 19.6. The maximum Gasteiger partial charge on any atom is 0.186 e. The van der Waals surface area contributed by atoms with Gasteiger partial charge in [-0.2, -0.15) is 0 Å². The third kappa shape index (κ3) is 2.12. The molecule has 0 N–H and O–H groups in total. The van der Waals surface area contributed by atoms with E-state index < -0.39 is 0 Å². The molecule has 0 amide bonds. The van der Waals surface area contributed by atoms with E-state index in [1.807, 2.05) is 20.8 Å². The third-order valence-corrected chi connectivity index (χ3v) is 4.14. The van der Waals surface area contributed by atoms with Crippen LogP contribution < -0.4 is 4.90 Å². The molecule has 88 valence electrons. The second-order valence-corrected chi connectivity index (χ2v) is 5.60. The largest absolute Gasteiger partial charge is 0.348 e. The highest BCUT2D eigenvalue weighted by Crippen LogP contribution is 2.30. The van der Waals surface area contributed by atoms with Crippen LogP contribution >= 0.6 is 11.3 Å². The summed E-state index contributed by atoms with van der Waals surface area (Å²) in [7, 11) is 0. The first-order chi connectivity index (χ1) is 7.59. The smallest absolute Gasteiger partial charge is 0.186 e. The number of aromatic nitrogens is 1. The van der Waals surface area contributed by atoms with E-state index in [0.29, 0.717) is 0 Å². The van der Waals surface area contributed by atoms with Crippen molar-refractivity contribution in [1.29, 1.82) is 0 Å². The molecule has 0 atom stereocenters. The SMILES string of the molecule is Cc1nc(N2CCCC2)sc1C(=O)C(C)C. The molecule has 0 bridgehead atoms. The fraction of sp³-hybridized carbons (Fsp3) is 0.667. The molecule has 0 saturated carbocycles. The number of hydrogen-bond donors (Lipinski definition) is 0. The molecule has 1 aromatic heterocycles. The van der Waals surface area contributed by atoms with Gasteiger partial charge in [-0.05, 0) is 19.8 Å². The van der Waals surface area contributed by atoms with Gasteiger partial charge in [0.1, 0.15) is 0 Å². The Morgan fingerprint density at radius 2 is 2.00 bits per heavy atom. The third-order valence-electron chi connectivity index (χ3n) is 2.91. The van der Waals surface area contributed by atoms with Gasteiger partial charge in [-0.3, -0.25) is 4.79 Å². The molecule has 0 unspecified atom stereocenters. The van der Waals surface area contributed by atoms with Crippen molar-refractivity contribution in [2.45, 2.75) is 33.6 Å². The predicted octanol–water partition coefficient (Wildman–Crippen LogP) is 2.89. The second-order valence-electron chi connectivity index (χ2n) is 4.62. The molecule has 1 aromatic rings. The number of aryl methyl sites for hydroxylation is 1. The molecule has 4 heteroatoms. The first-order valence-electron chi connectivity index (χ1n) is 5.86. The van der Waals surface area contributed by atoms with Crippen molar-refractivity contribution in [1.82, 2.24) is 4.98 Å². The van der Waals surface area contributed by atoms with Crippen molar-refractivity contribution in [2.75, 3.05) is 18.0 Å².